The number of hydrogen-bond donors (Lipinski definition) is 3. The van der Waals surface area contributed by atoms with Crippen molar-refractivity contribution in [1.82, 2.24) is 30.4 Å². The van der Waals surface area contributed by atoms with Crippen LogP contribution in [0.1, 0.15) is 5.82 Å². The van der Waals surface area contributed by atoms with E-state index in [0.29, 0.717) is 12.4 Å². The van der Waals surface area contributed by atoms with Crippen LogP contribution in [-0.2, 0) is 13.1 Å². The third kappa shape index (κ3) is 4.62. The summed E-state index contributed by atoms with van der Waals surface area (Å²) in [6, 6.07) is 11.7. The molecule has 0 bridgehead atoms. The van der Waals surface area contributed by atoms with Gasteiger partial charge in [-0.1, -0.05) is 0 Å². The predicted molar refractivity (Wildman–Crippen MR) is 101 cm³/mol. The number of nitrogens with zero attached hydrogens (tertiary/aromatic N) is 4. The Hall–Kier alpha value is -3.29. The van der Waals surface area contributed by atoms with Crippen molar-refractivity contribution >= 4 is 5.96 Å². The second kappa shape index (κ2) is 8.70. The highest BCUT2D eigenvalue weighted by molar-refractivity contribution is 5.79. The fourth-order valence-corrected chi connectivity index (χ4v) is 2.45. The lowest BCUT2D eigenvalue weighted by molar-refractivity contribution is 0.415. The smallest absolute Gasteiger partial charge is 0.191 e. The standard InChI is InChI=1S/C18H23N7O/c1-19-18(20-9-12-25-10-3-4-11-25)21-13-16-22-17(24-23-16)14-5-7-15(26-2)8-6-14/h3-8,10-11H,9,12-13H2,1-2H3,(H2,19,20,21)(H,22,23,24). The molecule has 0 unspecified atom stereocenters. The molecule has 3 N–H and O–H groups in total. The maximum absolute atomic E-state index is 5.16. The van der Waals surface area contributed by atoms with Gasteiger partial charge in [-0.25, -0.2) is 4.98 Å². The van der Waals surface area contributed by atoms with Crippen LogP contribution in [0.3, 0.4) is 0 Å². The number of aromatic amines is 1. The van der Waals surface area contributed by atoms with Gasteiger partial charge in [0.15, 0.2) is 11.8 Å². The molecule has 136 valence electrons. The molecule has 0 radical (unpaired) electrons. The molecule has 0 aliphatic heterocycles. The molecule has 0 atom stereocenters. The van der Waals surface area contributed by atoms with Crippen LogP contribution in [0.5, 0.6) is 5.75 Å². The zero-order valence-corrected chi connectivity index (χ0v) is 14.9. The summed E-state index contributed by atoms with van der Waals surface area (Å²) >= 11 is 0. The van der Waals surface area contributed by atoms with Crippen molar-refractivity contribution < 1.29 is 4.74 Å². The SMILES string of the molecule is CN=C(NCCn1cccc1)NCc1nc(-c2ccc(OC)cc2)n[nH]1. The molecule has 8 heteroatoms. The van der Waals surface area contributed by atoms with Crippen molar-refractivity contribution in [2.75, 3.05) is 20.7 Å². The fraction of sp³-hybridized carbons (Fsp3) is 0.278. The Labute approximate surface area is 152 Å². The fourth-order valence-electron chi connectivity index (χ4n) is 2.45. The Balaban J connectivity index is 1.49. The monoisotopic (exact) mass is 353 g/mol. The maximum atomic E-state index is 5.16. The third-order valence-electron chi connectivity index (χ3n) is 3.86. The molecule has 0 aliphatic carbocycles. The normalized spacial score (nSPS) is 11.4. The summed E-state index contributed by atoms with van der Waals surface area (Å²) in [5.74, 6) is 2.92. The van der Waals surface area contributed by atoms with Crippen LogP contribution in [0, 0.1) is 0 Å². The van der Waals surface area contributed by atoms with Gasteiger partial charge in [0.1, 0.15) is 11.6 Å². The Kier molecular flexibility index (Phi) is 5.87. The van der Waals surface area contributed by atoms with Crippen molar-refractivity contribution in [2.24, 2.45) is 4.99 Å². The summed E-state index contributed by atoms with van der Waals surface area (Å²) in [7, 11) is 3.39. The Morgan fingerprint density at radius 3 is 2.65 bits per heavy atom. The van der Waals surface area contributed by atoms with Gasteiger partial charge in [-0.3, -0.25) is 10.1 Å². The van der Waals surface area contributed by atoms with Crippen LogP contribution < -0.4 is 15.4 Å². The number of nitrogens with one attached hydrogen (secondary N) is 3. The molecule has 0 saturated heterocycles. The average Bonchev–Trinajstić information content (AvgIpc) is 3.36. The summed E-state index contributed by atoms with van der Waals surface area (Å²) in [6.45, 7) is 2.16. The Morgan fingerprint density at radius 1 is 1.19 bits per heavy atom. The summed E-state index contributed by atoms with van der Waals surface area (Å²) < 4.78 is 7.27. The number of guanidine groups is 1. The minimum atomic E-state index is 0.506. The van der Waals surface area contributed by atoms with Gasteiger partial charge in [0.2, 0.25) is 0 Å². The van der Waals surface area contributed by atoms with Crippen LogP contribution in [0.25, 0.3) is 11.4 Å². The molecule has 0 aliphatic rings. The molecular formula is C18H23N7O. The zero-order chi connectivity index (χ0) is 18.2. The van der Waals surface area contributed by atoms with Crippen LogP contribution in [-0.4, -0.2) is 46.4 Å². The zero-order valence-electron chi connectivity index (χ0n) is 14.9. The van der Waals surface area contributed by atoms with Crippen LogP contribution in [0.4, 0.5) is 0 Å². The summed E-state index contributed by atoms with van der Waals surface area (Å²) in [5.41, 5.74) is 0.933. The minimum Gasteiger partial charge on any atom is -0.497 e. The molecule has 1 aromatic carbocycles. The number of aliphatic imine (C=N–C) groups is 1. The van der Waals surface area contributed by atoms with E-state index >= 15 is 0 Å². The second-order valence-electron chi connectivity index (χ2n) is 5.61. The molecule has 26 heavy (non-hydrogen) atoms. The average molecular weight is 353 g/mol. The van der Waals surface area contributed by atoms with Crippen molar-refractivity contribution in [3.63, 3.8) is 0 Å². The van der Waals surface area contributed by atoms with Gasteiger partial charge in [0.05, 0.1) is 13.7 Å². The number of benzene rings is 1. The number of rotatable bonds is 7. The first-order valence-electron chi connectivity index (χ1n) is 8.39. The van der Waals surface area contributed by atoms with Crippen molar-refractivity contribution in [3.05, 3.63) is 54.6 Å². The minimum absolute atomic E-state index is 0.506. The Bertz CT molecular complexity index is 822. The van der Waals surface area contributed by atoms with Crippen LogP contribution in [0.15, 0.2) is 53.8 Å². The first kappa shape index (κ1) is 17.5. The van der Waals surface area contributed by atoms with Crippen LogP contribution >= 0.6 is 0 Å². The van der Waals surface area contributed by atoms with E-state index < -0.39 is 0 Å². The van der Waals surface area contributed by atoms with Gasteiger partial charge >= 0.3 is 0 Å². The number of hydrogen-bond acceptors (Lipinski definition) is 4. The Morgan fingerprint density at radius 2 is 1.96 bits per heavy atom. The van der Waals surface area contributed by atoms with Crippen molar-refractivity contribution in [1.29, 1.82) is 0 Å². The van der Waals surface area contributed by atoms with Gasteiger partial charge in [0, 0.05) is 38.1 Å². The van der Waals surface area contributed by atoms with Crippen molar-refractivity contribution in [3.8, 4) is 17.1 Å². The molecule has 2 heterocycles. The predicted octanol–water partition coefficient (Wildman–Crippen LogP) is 1.65. The third-order valence-corrected chi connectivity index (χ3v) is 3.86. The molecule has 2 aromatic heterocycles. The van der Waals surface area contributed by atoms with E-state index in [2.05, 4.69) is 35.4 Å². The van der Waals surface area contributed by atoms with Gasteiger partial charge in [0.25, 0.3) is 0 Å². The topological polar surface area (TPSA) is 92.2 Å². The largest absolute Gasteiger partial charge is 0.497 e. The lowest BCUT2D eigenvalue weighted by atomic mass is 10.2. The van der Waals surface area contributed by atoms with E-state index in [-0.39, 0.29) is 0 Å². The molecule has 0 fully saturated rings. The molecule has 0 saturated carbocycles. The summed E-state index contributed by atoms with van der Waals surface area (Å²) in [6.07, 6.45) is 4.07. The second-order valence-corrected chi connectivity index (χ2v) is 5.61. The van der Waals surface area contributed by atoms with Gasteiger partial charge < -0.3 is 19.9 Å². The number of H-pyrrole nitrogens is 1. The quantitative estimate of drug-likeness (QED) is 0.444. The molecule has 3 aromatic rings. The van der Waals surface area contributed by atoms with E-state index in [1.165, 1.54) is 0 Å². The van der Waals surface area contributed by atoms with E-state index in [9.17, 15) is 0 Å². The van der Waals surface area contributed by atoms with Crippen molar-refractivity contribution in [2.45, 2.75) is 13.1 Å². The lowest BCUT2D eigenvalue weighted by Gasteiger charge is -2.11. The number of methoxy groups -OCH3 is 1. The van der Waals surface area contributed by atoms with Gasteiger partial charge in [-0.2, -0.15) is 5.10 Å². The van der Waals surface area contributed by atoms with Gasteiger partial charge in [-0.15, -0.1) is 0 Å². The van der Waals surface area contributed by atoms with Gasteiger partial charge in [-0.05, 0) is 36.4 Å². The first-order valence-corrected chi connectivity index (χ1v) is 8.39. The molecule has 3 rings (SSSR count). The first-order chi connectivity index (χ1) is 12.8. The number of aromatic nitrogens is 4. The lowest BCUT2D eigenvalue weighted by Crippen LogP contribution is -2.38. The maximum Gasteiger partial charge on any atom is 0.191 e. The highest BCUT2D eigenvalue weighted by atomic mass is 16.5. The van der Waals surface area contributed by atoms with E-state index in [0.717, 1.165) is 36.2 Å². The summed E-state index contributed by atoms with van der Waals surface area (Å²) in [5, 5.41) is 13.7. The molecule has 0 spiro atoms. The number of ether oxygens (including phenoxy) is 1. The summed E-state index contributed by atoms with van der Waals surface area (Å²) in [4.78, 5) is 8.72. The molecule has 8 nitrogen and oxygen atoms in total. The molecular weight excluding hydrogens is 330 g/mol. The highest BCUT2D eigenvalue weighted by Gasteiger charge is 2.07. The van der Waals surface area contributed by atoms with E-state index in [4.69, 9.17) is 4.74 Å². The van der Waals surface area contributed by atoms with E-state index in [1.54, 1.807) is 14.2 Å². The molecule has 0 amide bonds. The van der Waals surface area contributed by atoms with Crippen LogP contribution in [0.2, 0.25) is 0 Å². The van der Waals surface area contributed by atoms with E-state index in [1.807, 2.05) is 48.8 Å². The highest BCUT2D eigenvalue weighted by Crippen LogP contribution is 2.18.